The van der Waals surface area contributed by atoms with Crippen molar-refractivity contribution in [1.29, 1.82) is 0 Å². The van der Waals surface area contributed by atoms with Crippen LogP contribution in [0.4, 0.5) is 0 Å². The number of nitrogens with zero attached hydrogens (tertiary/aromatic N) is 2. The topological polar surface area (TPSA) is 24.7 Å². The Kier molecular flexibility index (Phi) is 1.86. The Hall–Kier alpha value is -0.920. The first-order chi connectivity index (χ1) is 6.22. The fourth-order valence-corrected chi connectivity index (χ4v) is 2.62. The molecule has 2 heterocycles. The van der Waals surface area contributed by atoms with Gasteiger partial charge in [0.25, 0.3) is 0 Å². The van der Waals surface area contributed by atoms with Crippen molar-refractivity contribution in [1.82, 2.24) is 0 Å². The smallest absolute Gasteiger partial charge is 0.0803 e. The third-order valence-electron chi connectivity index (χ3n) is 3.63. The van der Waals surface area contributed by atoms with Crippen LogP contribution in [-0.2, 0) is 0 Å². The molecule has 0 unspecified atom stereocenters. The van der Waals surface area contributed by atoms with Crippen LogP contribution in [0.1, 0.15) is 19.8 Å². The average Bonchev–Trinajstić information content (AvgIpc) is 2.19. The third-order valence-corrected chi connectivity index (χ3v) is 3.63. The summed E-state index contributed by atoms with van der Waals surface area (Å²) >= 11 is 0. The highest BCUT2D eigenvalue weighted by molar-refractivity contribution is 5.16. The van der Waals surface area contributed by atoms with E-state index in [9.17, 15) is 0 Å². The van der Waals surface area contributed by atoms with Crippen LogP contribution in [-0.4, -0.2) is 12.1 Å². The second kappa shape index (κ2) is 2.79. The predicted octanol–water partition coefficient (Wildman–Crippen LogP) is 2.98. The van der Waals surface area contributed by atoms with Gasteiger partial charge in [0, 0.05) is 11.3 Å². The van der Waals surface area contributed by atoms with Crippen molar-refractivity contribution in [2.75, 3.05) is 0 Å². The van der Waals surface area contributed by atoms with E-state index < -0.39 is 0 Å². The summed E-state index contributed by atoms with van der Waals surface area (Å²) in [5, 5.41) is 8.63. The second-order valence-corrected chi connectivity index (χ2v) is 4.22. The number of azo groups is 1. The molecule has 0 aromatic rings. The molecule has 1 saturated carbocycles. The molecule has 2 nitrogen and oxygen atoms in total. The first-order valence-corrected chi connectivity index (χ1v) is 4.88. The maximum absolute atomic E-state index is 4.33. The molecule has 0 spiro atoms. The van der Waals surface area contributed by atoms with Crippen molar-refractivity contribution < 1.29 is 0 Å². The second-order valence-electron chi connectivity index (χ2n) is 4.22. The molecule has 0 aromatic carbocycles. The number of hydrogen-bond donors (Lipinski definition) is 0. The van der Waals surface area contributed by atoms with Gasteiger partial charge in [-0.05, 0) is 12.8 Å². The van der Waals surface area contributed by atoms with E-state index in [-0.39, 0.29) is 5.41 Å². The lowest BCUT2D eigenvalue weighted by atomic mass is 9.62. The average molecular weight is 176 g/mol. The van der Waals surface area contributed by atoms with Crippen molar-refractivity contribution in [2.24, 2.45) is 21.6 Å². The van der Waals surface area contributed by atoms with Crippen LogP contribution in [0, 0.1) is 11.3 Å². The van der Waals surface area contributed by atoms with Gasteiger partial charge in [-0.2, -0.15) is 10.2 Å². The van der Waals surface area contributed by atoms with Gasteiger partial charge >= 0.3 is 0 Å². The first kappa shape index (κ1) is 8.67. The fraction of sp³-hybridized carbons (Fsp3) is 0.636. The van der Waals surface area contributed by atoms with Crippen LogP contribution in [0.3, 0.4) is 0 Å². The summed E-state index contributed by atoms with van der Waals surface area (Å²) in [6.45, 7) is 10.0. The Balaban J connectivity index is 2.41. The highest BCUT2D eigenvalue weighted by Crippen LogP contribution is 2.48. The lowest BCUT2D eigenvalue weighted by Crippen LogP contribution is -2.48. The Labute approximate surface area is 79.4 Å². The predicted molar refractivity (Wildman–Crippen MR) is 53.7 cm³/mol. The molecule has 3 aliphatic rings. The molecule has 4 atom stereocenters. The van der Waals surface area contributed by atoms with Gasteiger partial charge in [-0.1, -0.05) is 19.1 Å². The van der Waals surface area contributed by atoms with Crippen molar-refractivity contribution in [3.05, 3.63) is 25.3 Å². The van der Waals surface area contributed by atoms with Crippen LogP contribution < -0.4 is 0 Å². The normalized spacial score (nSPS) is 47.6. The van der Waals surface area contributed by atoms with Crippen LogP contribution in [0.2, 0.25) is 0 Å². The lowest BCUT2D eigenvalue weighted by Gasteiger charge is -2.48. The molecule has 13 heavy (non-hydrogen) atoms. The van der Waals surface area contributed by atoms with E-state index in [1.54, 1.807) is 0 Å². The summed E-state index contributed by atoms with van der Waals surface area (Å²) in [6.07, 6.45) is 6.38. The minimum Gasteiger partial charge on any atom is -0.190 e. The van der Waals surface area contributed by atoms with E-state index in [4.69, 9.17) is 0 Å². The summed E-state index contributed by atoms with van der Waals surface area (Å²) < 4.78 is 0. The lowest BCUT2D eigenvalue weighted by molar-refractivity contribution is 0.115. The maximum atomic E-state index is 4.33. The van der Waals surface area contributed by atoms with E-state index in [0.29, 0.717) is 18.0 Å². The van der Waals surface area contributed by atoms with Gasteiger partial charge in [0.15, 0.2) is 0 Å². The molecule has 3 rings (SSSR count). The Morgan fingerprint density at radius 1 is 1.31 bits per heavy atom. The van der Waals surface area contributed by atoms with E-state index in [2.05, 4.69) is 30.3 Å². The number of rotatable bonds is 2. The van der Waals surface area contributed by atoms with Gasteiger partial charge in [-0.3, -0.25) is 0 Å². The summed E-state index contributed by atoms with van der Waals surface area (Å²) in [5.74, 6) is 0.432. The highest BCUT2D eigenvalue weighted by atomic mass is 15.2. The number of fused-ring (bicyclic) bond motifs is 2. The quantitative estimate of drug-likeness (QED) is 0.578. The molecule has 0 aromatic heterocycles. The molecule has 2 bridgehead atoms. The molecule has 70 valence electrons. The monoisotopic (exact) mass is 176 g/mol. The molecule has 2 aliphatic heterocycles. The van der Waals surface area contributed by atoms with Crippen molar-refractivity contribution in [3.63, 3.8) is 0 Å². The van der Waals surface area contributed by atoms with Gasteiger partial charge < -0.3 is 0 Å². The Bertz CT molecular complexity index is 269. The highest BCUT2D eigenvalue weighted by Gasteiger charge is 2.48. The Morgan fingerprint density at radius 2 is 2.08 bits per heavy atom. The molecular weight excluding hydrogens is 160 g/mol. The summed E-state index contributed by atoms with van der Waals surface area (Å²) in [4.78, 5) is 0. The zero-order valence-corrected chi connectivity index (χ0v) is 8.11. The maximum Gasteiger partial charge on any atom is 0.0803 e. The SMILES string of the molecule is C=C[C@@H]1[C@@H]2CC[C@@H](N=N2)[C@]1(C)C=C. The molecule has 0 saturated heterocycles. The van der Waals surface area contributed by atoms with Gasteiger partial charge in [0.2, 0.25) is 0 Å². The standard InChI is InChI=1S/C11H16N2/c1-4-8-9-6-7-10(13-12-9)11(8,3)5-2/h4-5,8-10H,1-2,6-7H2,3H3/t8-,9+,10-,11-/m1/s1. The van der Waals surface area contributed by atoms with Crippen LogP contribution in [0.25, 0.3) is 0 Å². The van der Waals surface area contributed by atoms with E-state index >= 15 is 0 Å². The van der Waals surface area contributed by atoms with Crippen LogP contribution in [0.5, 0.6) is 0 Å². The minimum atomic E-state index is 0.0897. The molecule has 0 amide bonds. The summed E-state index contributed by atoms with van der Waals surface area (Å²) in [5.41, 5.74) is 0.0897. The van der Waals surface area contributed by atoms with Crippen molar-refractivity contribution in [2.45, 2.75) is 31.8 Å². The van der Waals surface area contributed by atoms with Gasteiger partial charge in [0.05, 0.1) is 12.1 Å². The van der Waals surface area contributed by atoms with Gasteiger partial charge in [-0.15, -0.1) is 13.2 Å². The Morgan fingerprint density at radius 3 is 2.46 bits per heavy atom. The molecule has 1 aliphatic carbocycles. The zero-order valence-electron chi connectivity index (χ0n) is 8.11. The van der Waals surface area contributed by atoms with Crippen LogP contribution in [0.15, 0.2) is 35.5 Å². The van der Waals surface area contributed by atoms with Crippen molar-refractivity contribution >= 4 is 0 Å². The fourth-order valence-electron chi connectivity index (χ4n) is 2.62. The van der Waals surface area contributed by atoms with E-state index in [1.165, 1.54) is 0 Å². The first-order valence-electron chi connectivity index (χ1n) is 4.88. The zero-order chi connectivity index (χ0) is 9.47. The summed E-state index contributed by atoms with van der Waals surface area (Å²) in [7, 11) is 0. The molecular formula is C11H16N2. The van der Waals surface area contributed by atoms with Gasteiger partial charge in [-0.25, -0.2) is 0 Å². The summed E-state index contributed by atoms with van der Waals surface area (Å²) in [6, 6.07) is 0.684. The molecule has 1 fully saturated rings. The largest absolute Gasteiger partial charge is 0.190 e. The molecule has 2 heteroatoms. The third kappa shape index (κ3) is 1.01. The van der Waals surface area contributed by atoms with Crippen molar-refractivity contribution in [3.8, 4) is 0 Å². The van der Waals surface area contributed by atoms with E-state index in [1.807, 2.05) is 12.2 Å². The molecule has 0 radical (unpaired) electrons. The number of hydrogen-bond acceptors (Lipinski definition) is 2. The minimum absolute atomic E-state index is 0.0897. The van der Waals surface area contributed by atoms with E-state index in [0.717, 1.165) is 12.8 Å². The molecule has 0 N–H and O–H groups in total. The van der Waals surface area contributed by atoms with Gasteiger partial charge in [0.1, 0.15) is 0 Å². The van der Waals surface area contributed by atoms with Crippen LogP contribution >= 0.6 is 0 Å².